The van der Waals surface area contributed by atoms with Crippen molar-refractivity contribution in [2.75, 3.05) is 5.73 Å². The van der Waals surface area contributed by atoms with E-state index in [0.717, 1.165) is 32.8 Å². The SMILES string of the molecule is Cc1cc(Oc2ncnc3c(C)csc23)ccc1N. The molecule has 0 aliphatic carbocycles. The van der Waals surface area contributed by atoms with E-state index in [2.05, 4.69) is 15.3 Å². The van der Waals surface area contributed by atoms with Crippen LogP contribution in [0.25, 0.3) is 10.2 Å². The Morgan fingerprint density at radius 1 is 1.16 bits per heavy atom. The van der Waals surface area contributed by atoms with Gasteiger partial charge in [0.05, 0.1) is 5.52 Å². The molecular formula is C14H13N3OS. The van der Waals surface area contributed by atoms with Gasteiger partial charge in [-0.25, -0.2) is 9.97 Å². The van der Waals surface area contributed by atoms with E-state index in [1.165, 1.54) is 6.33 Å². The number of nitrogens with two attached hydrogens (primary N) is 1. The fourth-order valence-corrected chi connectivity index (χ4v) is 2.77. The normalized spacial score (nSPS) is 10.8. The lowest BCUT2D eigenvalue weighted by atomic mass is 10.2. The number of aryl methyl sites for hydroxylation is 2. The summed E-state index contributed by atoms with van der Waals surface area (Å²) in [4.78, 5) is 8.49. The molecule has 0 unspecified atom stereocenters. The van der Waals surface area contributed by atoms with Crippen LogP contribution in [0, 0.1) is 13.8 Å². The van der Waals surface area contributed by atoms with E-state index in [0.29, 0.717) is 5.88 Å². The Morgan fingerprint density at radius 2 is 2.00 bits per heavy atom. The smallest absolute Gasteiger partial charge is 0.240 e. The van der Waals surface area contributed by atoms with Gasteiger partial charge in [0.1, 0.15) is 16.8 Å². The standard InChI is InChI=1S/C14H13N3OS/c1-8-5-10(3-4-11(8)15)18-14-13-12(16-7-17-14)9(2)6-19-13/h3-7H,15H2,1-2H3. The van der Waals surface area contributed by atoms with Crippen LogP contribution in [-0.2, 0) is 0 Å². The van der Waals surface area contributed by atoms with Crippen molar-refractivity contribution in [2.24, 2.45) is 0 Å². The second-order valence-electron chi connectivity index (χ2n) is 4.40. The summed E-state index contributed by atoms with van der Waals surface area (Å²) in [5.74, 6) is 1.32. The molecule has 0 spiro atoms. The summed E-state index contributed by atoms with van der Waals surface area (Å²) in [6, 6.07) is 5.59. The molecule has 0 fully saturated rings. The molecule has 0 aliphatic rings. The molecule has 3 aromatic rings. The van der Waals surface area contributed by atoms with Crippen molar-refractivity contribution in [2.45, 2.75) is 13.8 Å². The van der Waals surface area contributed by atoms with Gasteiger partial charge in [0.15, 0.2) is 0 Å². The van der Waals surface area contributed by atoms with Crippen molar-refractivity contribution < 1.29 is 4.74 Å². The first kappa shape index (κ1) is 11.9. The molecule has 0 bridgehead atoms. The number of ether oxygens (including phenoxy) is 1. The van der Waals surface area contributed by atoms with Crippen LogP contribution in [0.4, 0.5) is 5.69 Å². The maximum Gasteiger partial charge on any atom is 0.240 e. The van der Waals surface area contributed by atoms with E-state index in [4.69, 9.17) is 10.5 Å². The van der Waals surface area contributed by atoms with Crippen LogP contribution in [0.2, 0.25) is 0 Å². The van der Waals surface area contributed by atoms with Crippen molar-refractivity contribution in [1.29, 1.82) is 0 Å². The molecule has 0 atom stereocenters. The van der Waals surface area contributed by atoms with Gasteiger partial charge in [0, 0.05) is 5.69 Å². The van der Waals surface area contributed by atoms with Gasteiger partial charge in [0.25, 0.3) is 0 Å². The molecule has 2 N–H and O–H groups in total. The first-order valence-electron chi connectivity index (χ1n) is 5.88. The third kappa shape index (κ3) is 2.13. The monoisotopic (exact) mass is 271 g/mol. The zero-order chi connectivity index (χ0) is 13.4. The molecule has 0 amide bonds. The lowest BCUT2D eigenvalue weighted by molar-refractivity contribution is 0.469. The summed E-state index contributed by atoms with van der Waals surface area (Å²) in [6.45, 7) is 3.98. The van der Waals surface area contributed by atoms with Crippen molar-refractivity contribution in [3.8, 4) is 11.6 Å². The van der Waals surface area contributed by atoms with Crippen LogP contribution in [0.3, 0.4) is 0 Å². The maximum atomic E-state index is 5.84. The number of hydrogen-bond donors (Lipinski definition) is 1. The average Bonchev–Trinajstić information content (AvgIpc) is 2.77. The number of nitrogen functional groups attached to an aromatic ring is 1. The van der Waals surface area contributed by atoms with Crippen molar-refractivity contribution in [3.63, 3.8) is 0 Å². The van der Waals surface area contributed by atoms with Gasteiger partial charge in [-0.2, -0.15) is 0 Å². The molecule has 0 aliphatic heterocycles. The van der Waals surface area contributed by atoms with Crippen molar-refractivity contribution >= 4 is 27.2 Å². The van der Waals surface area contributed by atoms with E-state index in [-0.39, 0.29) is 0 Å². The first-order valence-corrected chi connectivity index (χ1v) is 6.76. The molecule has 2 heterocycles. The van der Waals surface area contributed by atoms with E-state index in [9.17, 15) is 0 Å². The Bertz CT molecular complexity index is 752. The molecule has 0 saturated heterocycles. The minimum Gasteiger partial charge on any atom is -0.437 e. The second kappa shape index (κ2) is 4.51. The number of thiophene rings is 1. The maximum absolute atomic E-state index is 5.84. The number of aromatic nitrogens is 2. The van der Waals surface area contributed by atoms with Gasteiger partial charge < -0.3 is 10.5 Å². The van der Waals surface area contributed by atoms with Crippen LogP contribution in [0.1, 0.15) is 11.1 Å². The van der Waals surface area contributed by atoms with Gasteiger partial charge in [-0.15, -0.1) is 11.3 Å². The van der Waals surface area contributed by atoms with E-state index >= 15 is 0 Å². The Balaban J connectivity index is 2.03. The summed E-state index contributed by atoms with van der Waals surface area (Å²) >= 11 is 1.59. The Hall–Kier alpha value is -2.14. The highest BCUT2D eigenvalue weighted by Gasteiger charge is 2.10. The number of fused-ring (bicyclic) bond motifs is 1. The highest BCUT2D eigenvalue weighted by Crippen LogP contribution is 2.33. The lowest BCUT2D eigenvalue weighted by Gasteiger charge is -2.07. The highest BCUT2D eigenvalue weighted by molar-refractivity contribution is 7.17. The minimum absolute atomic E-state index is 0.590. The third-order valence-corrected chi connectivity index (χ3v) is 4.03. The predicted molar refractivity (Wildman–Crippen MR) is 77.8 cm³/mol. The molecule has 19 heavy (non-hydrogen) atoms. The highest BCUT2D eigenvalue weighted by atomic mass is 32.1. The van der Waals surface area contributed by atoms with Gasteiger partial charge >= 0.3 is 0 Å². The average molecular weight is 271 g/mol. The Morgan fingerprint density at radius 3 is 2.79 bits per heavy atom. The quantitative estimate of drug-likeness (QED) is 0.722. The van der Waals surface area contributed by atoms with Gasteiger partial charge in [-0.1, -0.05) is 0 Å². The van der Waals surface area contributed by atoms with Crippen molar-refractivity contribution in [3.05, 3.63) is 41.0 Å². The Kier molecular flexibility index (Phi) is 2.83. The number of nitrogens with zero attached hydrogens (tertiary/aromatic N) is 2. The summed E-state index contributed by atoms with van der Waals surface area (Å²) in [7, 11) is 0. The molecule has 2 aromatic heterocycles. The van der Waals surface area contributed by atoms with Gasteiger partial charge in [0.2, 0.25) is 5.88 Å². The van der Waals surface area contributed by atoms with Crippen molar-refractivity contribution in [1.82, 2.24) is 9.97 Å². The summed E-state index contributed by atoms with van der Waals surface area (Å²) < 4.78 is 6.81. The zero-order valence-electron chi connectivity index (χ0n) is 10.7. The predicted octanol–water partition coefficient (Wildman–Crippen LogP) is 3.68. The fraction of sp³-hybridized carbons (Fsp3) is 0.143. The van der Waals surface area contributed by atoms with Crippen LogP contribution in [-0.4, -0.2) is 9.97 Å². The van der Waals surface area contributed by atoms with Crippen LogP contribution in [0.5, 0.6) is 11.6 Å². The molecule has 3 rings (SSSR count). The number of rotatable bonds is 2. The van der Waals surface area contributed by atoms with Crippen LogP contribution >= 0.6 is 11.3 Å². The molecule has 4 nitrogen and oxygen atoms in total. The van der Waals surface area contributed by atoms with Crippen LogP contribution < -0.4 is 10.5 Å². The topological polar surface area (TPSA) is 61.0 Å². The van der Waals surface area contributed by atoms with Gasteiger partial charge in [-0.05, 0) is 48.6 Å². The lowest BCUT2D eigenvalue weighted by Crippen LogP contribution is -1.92. The van der Waals surface area contributed by atoms with Gasteiger partial charge in [-0.3, -0.25) is 0 Å². The third-order valence-electron chi connectivity index (χ3n) is 2.95. The number of anilines is 1. The number of benzene rings is 1. The van der Waals surface area contributed by atoms with E-state index in [1.54, 1.807) is 11.3 Å². The molecule has 5 heteroatoms. The summed E-state index contributed by atoms with van der Waals surface area (Å²) in [6.07, 6.45) is 1.53. The molecular weight excluding hydrogens is 258 g/mol. The zero-order valence-corrected chi connectivity index (χ0v) is 11.5. The molecule has 0 saturated carbocycles. The molecule has 96 valence electrons. The fourth-order valence-electron chi connectivity index (χ4n) is 1.84. The molecule has 1 aromatic carbocycles. The van der Waals surface area contributed by atoms with E-state index < -0.39 is 0 Å². The molecule has 0 radical (unpaired) electrons. The largest absolute Gasteiger partial charge is 0.437 e. The Labute approximate surface area is 114 Å². The second-order valence-corrected chi connectivity index (χ2v) is 5.28. The van der Waals surface area contributed by atoms with Crippen LogP contribution in [0.15, 0.2) is 29.9 Å². The van der Waals surface area contributed by atoms with E-state index in [1.807, 2.05) is 32.0 Å². The first-order chi connectivity index (χ1) is 9.15. The summed E-state index contributed by atoms with van der Waals surface area (Å²) in [5.41, 5.74) is 9.63. The number of hydrogen-bond acceptors (Lipinski definition) is 5. The summed E-state index contributed by atoms with van der Waals surface area (Å²) in [5, 5.41) is 2.06. The minimum atomic E-state index is 0.590.